The summed E-state index contributed by atoms with van der Waals surface area (Å²) in [5.74, 6) is -0.398. The van der Waals surface area contributed by atoms with Crippen molar-refractivity contribution in [3.63, 3.8) is 0 Å². The molecule has 1 heterocycles. The molecule has 0 aromatic heterocycles. The average Bonchev–Trinajstić information content (AvgIpc) is 2.92. The number of hydrogen-bond donors (Lipinski definition) is 0. The maximum atomic E-state index is 12.7. The molecule has 1 aliphatic heterocycles. The van der Waals surface area contributed by atoms with Gasteiger partial charge < -0.3 is 4.74 Å². The van der Waals surface area contributed by atoms with Gasteiger partial charge in [-0.1, -0.05) is 24.3 Å². The predicted molar refractivity (Wildman–Crippen MR) is 102 cm³/mol. The van der Waals surface area contributed by atoms with Gasteiger partial charge in [-0.15, -0.1) is 0 Å². The van der Waals surface area contributed by atoms with Crippen molar-refractivity contribution in [2.75, 3.05) is 4.90 Å². The van der Waals surface area contributed by atoms with Crippen LogP contribution in [0.2, 0.25) is 0 Å². The summed E-state index contributed by atoms with van der Waals surface area (Å²) in [4.78, 5) is 37.1. The second-order valence-corrected chi connectivity index (χ2v) is 6.35. The van der Waals surface area contributed by atoms with Gasteiger partial charge in [0.1, 0.15) is 11.5 Å². The number of hydrogen-bond acceptors (Lipinski definition) is 5. The largest absolute Gasteiger partial charge is 0.457 e. The Hall–Kier alpha value is -4.00. The highest BCUT2D eigenvalue weighted by Crippen LogP contribution is 2.35. The molecule has 0 spiro atoms. The lowest BCUT2D eigenvalue weighted by Gasteiger charge is -2.15. The fourth-order valence-electron chi connectivity index (χ4n) is 3.10. The molecule has 0 aliphatic carbocycles. The molecular weight excluding hydrogens is 360 g/mol. The molecule has 0 N–H and O–H groups in total. The summed E-state index contributed by atoms with van der Waals surface area (Å²) in [6, 6.07) is 17.5. The Labute approximate surface area is 159 Å². The molecule has 0 saturated heterocycles. The second kappa shape index (κ2) is 6.62. The first-order valence-corrected chi connectivity index (χ1v) is 8.46. The summed E-state index contributed by atoms with van der Waals surface area (Å²) in [5.41, 5.74) is 1.29. The van der Waals surface area contributed by atoms with Gasteiger partial charge in [-0.2, -0.15) is 0 Å². The van der Waals surface area contributed by atoms with Crippen molar-refractivity contribution in [3.8, 4) is 11.5 Å². The molecule has 0 radical (unpaired) electrons. The van der Waals surface area contributed by atoms with E-state index in [0.717, 1.165) is 10.5 Å². The Morgan fingerprint density at radius 3 is 2.14 bits per heavy atom. The molecule has 0 unspecified atom stereocenters. The third-order valence-electron chi connectivity index (χ3n) is 4.36. The van der Waals surface area contributed by atoms with Crippen molar-refractivity contribution in [1.29, 1.82) is 0 Å². The summed E-state index contributed by atoms with van der Waals surface area (Å²) in [6.07, 6.45) is 0. The molecule has 0 bridgehead atoms. The van der Waals surface area contributed by atoms with Gasteiger partial charge in [0, 0.05) is 12.1 Å². The number of aryl methyl sites for hydroxylation is 1. The van der Waals surface area contributed by atoms with Gasteiger partial charge in [0.05, 0.1) is 27.8 Å². The summed E-state index contributed by atoms with van der Waals surface area (Å²) >= 11 is 0. The Balaban J connectivity index is 1.77. The van der Waals surface area contributed by atoms with Crippen LogP contribution >= 0.6 is 0 Å². The average molecular weight is 374 g/mol. The number of anilines is 1. The summed E-state index contributed by atoms with van der Waals surface area (Å²) in [7, 11) is 0. The van der Waals surface area contributed by atoms with Gasteiger partial charge in [-0.25, -0.2) is 4.90 Å². The normalized spacial score (nSPS) is 12.8. The zero-order chi connectivity index (χ0) is 19.8. The smallest absolute Gasteiger partial charge is 0.275 e. The number of carbonyl (C=O) groups is 2. The van der Waals surface area contributed by atoms with E-state index in [0.29, 0.717) is 5.75 Å². The number of nitro groups is 1. The number of imide groups is 1. The van der Waals surface area contributed by atoms with E-state index in [1.807, 2.05) is 13.0 Å². The van der Waals surface area contributed by atoms with Crippen LogP contribution in [0.4, 0.5) is 11.4 Å². The van der Waals surface area contributed by atoms with Crippen LogP contribution < -0.4 is 9.64 Å². The first-order valence-electron chi connectivity index (χ1n) is 8.46. The summed E-state index contributed by atoms with van der Waals surface area (Å²) in [6.45, 7) is 1.89. The first-order chi connectivity index (χ1) is 13.4. The molecule has 138 valence electrons. The second-order valence-electron chi connectivity index (χ2n) is 6.35. The third kappa shape index (κ3) is 2.99. The minimum Gasteiger partial charge on any atom is -0.457 e. The molecule has 0 saturated carbocycles. The van der Waals surface area contributed by atoms with Crippen LogP contribution in [-0.2, 0) is 0 Å². The number of fused-ring (bicyclic) bond motifs is 1. The number of nitro benzene ring substituents is 1. The fraction of sp³-hybridized carbons (Fsp3) is 0.0476. The summed E-state index contributed by atoms with van der Waals surface area (Å²) in [5, 5.41) is 11.4. The number of nitrogens with zero attached hydrogens (tertiary/aromatic N) is 2. The SMILES string of the molecule is Cc1cccc(Oc2cc(N3C(=O)c4ccccc4C3=O)cc([N+](=O)[O-])c2)c1. The van der Waals surface area contributed by atoms with E-state index in [1.54, 1.807) is 42.5 Å². The van der Waals surface area contributed by atoms with E-state index in [1.165, 1.54) is 18.2 Å². The van der Waals surface area contributed by atoms with E-state index in [9.17, 15) is 19.7 Å². The molecule has 0 atom stereocenters. The Morgan fingerprint density at radius 2 is 1.54 bits per heavy atom. The maximum absolute atomic E-state index is 12.7. The highest BCUT2D eigenvalue weighted by atomic mass is 16.6. The summed E-state index contributed by atoms with van der Waals surface area (Å²) < 4.78 is 5.74. The third-order valence-corrected chi connectivity index (χ3v) is 4.36. The Morgan fingerprint density at radius 1 is 0.857 bits per heavy atom. The molecule has 0 fully saturated rings. The fourth-order valence-corrected chi connectivity index (χ4v) is 3.10. The standard InChI is InChI=1S/C21H14N2O5/c1-13-5-4-6-16(9-13)28-17-11-14(10-15(12-17)23(26)27)22-20(24)18-7-2-3-8-19(18)21(22)25/h2-12H,1H3. The molecule has 2 amide bonds. The number of carbonyl (C=O) groups excluding carboxylic acids is 2. The number of non-ortho nitro benzene ring substituents is 1. The van der Waals surface area contributed by atoms with Crippen LogP contribution in [-0.4, -0.2) is 16.7 Å². The van der Waals surface area contributed by atoms with Gasteiger partial charge in [0.2, 0.25) is 0 Å². The highest BCUT2D eigenvalue weighted by Gasteiger charge is 2.37. The zero-order valence-electron chi connectivity index (χ0n) is 14.8. The first kappa shape index (κ1) is 17.4. The number of benzene rings is 3. The van der Waals surface area contributed by atoms with E-state index in [-0.39, 0.29) is 28.3 Å². The zero-order valence-corrected chi connectivity index (χ0v) is 14.8. The van der Waals surface area contributed by atoms with Crippen LogP contribution in [0.5, 0.6) is 11.5 Å². The minimum absolute atomic E-state index is 0.0862. The molecule has 28 heavy (non-hydrogen) atoms. The van der Waals surface area contributed by atoms with Crippen molar-refractivity contribution in [3.05, 3.63) is 93.5 Å². The Bertz CT molecular complexity index is 1100. The van der Waals surface area contributed by atoms with Crippen molar-refractivity contribution in [2.45, 2.75) is 6.92 Å². The molecular formula is C21H14N2O5. The molecule has 1 aliphatic rings. The van der Waals surface area contributed by atoms with Gasteiger partial charge in [-0.05, 0) is 36.8 Å². The minimum atomic E-state index is -0.592. The lowest BCUT2D eigenvalue weighted by molar-refractivity contribution is -0.384. The van der Waals surface area contributed by atoms with E-state index >= 15 is 0 Å². The van der Waals surface area contributed by atoms with Crippen LogP contribution in [0.25, 0.3) is 0 Å². The van der Waals surface area contributed by atoms with E-state index in [4.69, 9.17) is 4.74 Å². The highest BCUT2D eigenvalue weighted by molar-refractivity contribution is 6.34. The molecule has 7 nitrogen and oxygen atoms in total. The Kier molecular flexibility index (Phi) is 4.12. The monoisotopic (exact) mass is 374 g/mol. The van der Waals surface area contributed by atoms with E-state index in [2.05, 4.69) is 0 Å². The van der Waals surface area contributed by atoms with Gasteiger partial charge in [0.25, 0.3) is 17.5 Å². The van der Waals surface area contributed by atoms with E-state index < -0.39 is 16.7 Å². The van der Waals surface area contributed by atoms with Gasteiger partial charge in [0.15, 0.2) is 0 Å². The molecule has 4 rings (SSSR count). The van der Waals surface area contributed by atoms with Crippen molar-refractivity contribution < 1.29 is 19.2 Å². The topological polar surface area (TPSA) is 89.8 Å². The van der Waals surface area contributed by atoms with Crippen LogP contribution in [0.15, 0.2) is 66.7 Å². The quantitative estimate of drug-likeness (QED) is 0.381. The van der Waals surface area contributed by atoms with Crippen LogP contribution in [0.1, 0.15) is 26.3 Å². The van der Waals surface area contributed by atoms with Crippen molar-refractivity contribution in [1.82, 2.24) is 0 Å². The van der Waals surface area contributed by atoms with Crippen LogP contribution in [0.3, 0.4) is 0 Å². The van der Waals surface area contributed by atoms with Gasteiger partial charge in [-0.3, -0.25) is 19.7 Å². The van der Waals surface area contributed by atoms with Gasteiger partial charge >= 0.3 is 0 Å². The molecule has 7 heteroatoms. The number of ether oxygens (including phenoxy) is 1. The molecule has 3 aromatic rings. The van der Waals surface area contributed by atoms with Crippen LogP contribution in [0, 0.1) is 17.0 Å². The van der Waals surface area contributed by atoms with Crippen molar-refractivity contribution >= 4 is 23.2 Å². The predicted octanol–water partition coefficient (Wildman–Crippen LogP) is 4.50. The lowest BCUT2D eigenvalue weighted by Crippen LogP contribution is -2.29. The lowest BCUT2D eigenvalue weighted by atomic mass is 10.1. The number of rotatable bonds is 4. The maximum Gasteiger partial charge on any atom is 0.275 e. The molecule has 3 aromatic carbocycles. The van der Waals surface area contributed by atoms with Crippen molar-refractivity contribution in [2.24, 2.45) is 0 Å². The number of amides is 2.